The fraction of sp³-hybridized carbons (Fsp3) is 1.00. The van der Waals surface area contributed by atoms with Crippen molar-refractivity contribution < 1.29 is 0 Å². The van der Waals surface area contributed by atoms with Crippen LogP contribution < -0.4 is 5.32 Å². The molecule has 2 aliphatic rings. The Morgan fingerprint density at radius 2 is 1.47 bits per heavy atom. The second kappa shape index (κ2) is 6.22. The molecule has 0 amide bonds. The van der Waals surface area contributed by atoms with Crippen molar-refractivity contribution in [2.24, 2.45) is 17.8 Å². The third kappa shape index (κ3) is 3.71. The van der Waals surface area contributed by atoms with Crippen LogP contribution in [-0.4, -0.2) is 12.1 Å². The highest BCUT2D eigenvalue weighted by atomic mass is 15.0. The van der Waals surface area contributed by atoms with Crippen molar-refractivity contribution in [3.63, 3.8) is 0 Å². The van der Waals surface area contributed by atoms with Crippen LogP contribution in [0.5, 0.6) is 0 Å². The predicted octanol–water partition coefficient (Wildman–Crippen LogP) is 4.37. The molecular weight excluding hydrogens is 206 g/mol. The Hall–Kier alpha value is -0.0400. The molecule has 2 aliphatic carbocycles. The first-order valence-electron chi connectivity index (χ1n) is 7.93. The topological polar surface area (TPSA) is 12.0 Å². The Bertz CT molecular complexity index is 218. The van der Waals surface area contributed by atoms with E-state index in [0.717, 1.165) is 29.8 Å². The molecule has 2 rings (SSSR count). The van der Waals surface area contributed by atoms with Gasteiger partial charge in [0.15, 0.2) is 0 Å². The van der Waals surface area contributed by atoms with E-state index in [1.165, 1.54) is 51.4 Å². The van der Waals surface area contributed by atoms with E-state index < -0.39 is 0 Å². The molecule has 3 atom stereocenters. The second-order valence-corrected chi connectivity index (χ2v) is 6.87. The molecule has 3 unspecified atom stereocenters. The van der Waals surface area contributed by atoms with Crippen molar-refractivity contribution in [2.45, 2.75) is 84.2 Å². The SMILES string of the molecule is CC(C)C1CCCC(NC(C)C2CCCC2)C1. The zero-order valence-corrected chi connectivity index (χ0v) is 12.0. The van der Waals surface area contributed by atoms with Gasteiger partial charge in [-0.05, 0) is 50.4 Å². The van der Waals surface area contributed by atoms with Crippen LogP contribution >= 0.6 is 0 Å². The predicted molar refractivity (Wildman–Crippen MR) is 75.1 cm³/mol. The molecular formula is C16H31N. The highest BCUT2D eigenvalue weighted by Crippen LogP contribution is 2.32. The van der Waals surface area contributed by atoms with Gasteiger partial charge in [0.1, 0.15) is 0 Å². The number of hydrogen-bond acceptors (Lipinski definition) is 1. The fourth-order valence-electron chi connectivity index (χ4n) is 3.95. The first kappa shape index (κ1) is 13.4. The number of nitrogens with one attached hydrogen (secondary N) is 1. The average molecular weight is 237 g/mol. The molecule has 0 aromatic carbocycles. The summed E-state index contributed by atoms with van der Waals surface area (Å²) in [5, 5.41) is 3.95. The lowest BCUT2D eigenvalue weighted by molar-refractivity contribution is 0.209. The van der Waals surface area contributed by atoms with Gasteiger partial charge in [-0.2, -0.15) is 0 Å². The van der Waals surface area contributed by atoms with Gasteiger partial charge in [0.2, 0.25) is 0 Å². The molecule has 2 saturated carbocycles. The largest absolute Gasteiger partial charge is 0.311 e. The summed E-state index contributed by atoms with van der Waals surface area (Å²) in [5.41, 5.74) is 0. The maximum Gasteiger partial charge on any atom is 0.00723 e. The monoisotopic (exact) mass is 237 g/mol. The van der Waals surface area contributed by atoms with Crippen LogP contribution in [0.15, 0.2) is 0 Å². The van der Waals surface area contributed by atoms with E-state index in [4.69, 9.17) is 0 Å². The Kier molecular flexibility index (Phi) is 4.90. The van der Waals surface area contributed by atoms with E-state index in [-0.39, 0.29) is 0 Å². The smallest absolute Gasteiger partial charge is 0.00723 e. The normalized spacial score (nSPS) is 33.2. The van der Waals surface area contributed by atoms with E-state index >= 15 is 0 Å². The van der Waals surface area contributed by atoms with Crippen molar-refractivity contribution in [2.75, 3.05) is 0 Å². The minimum Gasteiger partial charge on any atom is -0.311 e. The lowest BCUT2D eigenvalue weighted by atomic mass is 9.79. The summed E-state index contributed by atoms with van der Waals surface area (Å²) in [5.74, 6) is 2.81. The second-order valence-electron chi connectivity index (χ2n) is 6.87. The Balaban J connectivity index is 1.77. The first-order chi connectivity index (χ1) is 8.16. The van der Waals surface area contributed by atoms with Gasteiger partial charge in [0.25, 0.3) is 0 Å². The van der Waals surface area contributed by atoms with Gasteiger partial charge in [-0.15, -0.1) is 0 Å². The van der Waals surface area contributed by atoms with Gasteiger partial charge in [0.05, 0.1) is 0 Å². The standard InChI is InChI=1S/C16H31N/c1-12(2)15-9-6-10-16(11-15)17-13(3)14-7-4-5-8-14/h12-17H,4-11H2,1-3H3. The fourth-order valence-corrected chi connectivity index (χ4v) is 3.95. The van der Waals surface area contributed by atoms with Crippen molar-refractivity contribution in [3.05, 3.63) is 0 Å². The molecule has 0 aromatic heterocycles. The molecule has 2 fully saturated rings. The molecule has 0 aliphatic heterocycles. The molecule has 0 bridgehead atoms. The van der Waals surface area contributed by atoms with Crippen LogP contribution in [0.4, 0.5) is 0 Å². The zero-order valence-electron chi connectivity index (χ0n) is 12.0. The Labute approximate surface area is 108 Å². The summed E-state index contributed by atoms with van der Waals surface area (Å²) >= 11 is 0. The van der Waals surface area contributed by atoms with Gasteiger partial charge in [0, 0.05) is 12.1 Å². The summed E-state index contributed by atoms with van der Waals surface area (Å²) in [6.07, 6.45) is 11.6. The molecule has 100 valence electrons. The molecule has 1 nitrogen and oxygen atoms in total. The van der Waals surface area contributed by atoms with E-state index in [2.05, 4.69) is 26.1 Å². The molecule has 1 N–H and O–H groups in total. The van der Waals surface area contributed by atoms with Gasteiger partial charge in [-0.1, -0.05) is 39.5 Å². The third-order valence-corrected chi connectivity index (χ3v) is 5.26. The minimum absolute atomic E-state index is 0.758. The minimum atomic E-state index is 0.758. The third-order valence-electron chi connectivity index (χ3n) is 5.26. The summed E-state index contributed by atoms with van der Waals surface area (Å²) in [4.78, 5) is 0. The molecule has 0 saturated heterocycles. The summed E-state index contributed by atoms with van der Waals surface area (Å²) in [6.45, 7) is 7.22. The summed E-state index contributed by atoms with van der Waals surface area (Å²) < 4.78 is 0. The van der Waals surface area contributed by atoms with E-state index in [9.17, 15) is 0 Å². The van der Waals surface area contributed by atoms with Crippen LogP contribution in [0.3, 0.4) is 0 Å². The van der Waals surface area contributed by atoms with Crippen LogP contribution in [0.1, 0.15) is 72.1 Å². The van der Waals surface area contributed by atoms with E-state index in [0.29, 0.717) is 0 Å². The first-order valence-corrected chi connectivity index (χ1v) is 7.93. The summed E-state index contributed by atoms with van der Waals surface area (Å²) in [7, 11) is 0. The molecule has 17 heavy (non-hydrogen) atoms. The Morgan fingerprint density at radius 3 is 2.12 bits per heavy atom. The van der Waals surface area contributed by atoms with Crippen LogP contribution in [0.25, 0.3) is 0 Å². The van der Waals surface area contributed by atoms with Gasteiger partial charge < -0.3 is 5.32 Å². The maximum absolute atomic E-state index is 3.95. The van der Waals surface area contributed by atoms with Crippen LogP contribution in [0.2, 0.25) is 0 Å². The highest BCUT2D eigenvalue weighted by molar-refractivity contribution is 4.84. The molecule has 0 radical (unpaired) electrons. The molecule has 1 heteroatoms. The molecule has 0 aromatic rings. The van der Waals surface area contributed by atoms with Crippen molar-refractivity contribution in [3.8, 4) is 0 Å². The van der Waals surface area contributed by atoms with Crippen LogP contribution in [-0.2, 0) is 0 Å². The van der Waals surface area contributed by atoms with Crippen molar-refractivity contribution in [1.29, 1.82) is 0 Å². The van der Waals surface area contributed by atoms with Gasteiger partial charge in [-0.3, -0.25) is 0 Å². The Morgan fingerprint density at radius 1 is 0.824 bits per heavy atom. The lowest BCUT2D eigenvalue weighted by Gasteiger charge is -2.35. The number of rotatable bonds is 4. The average Bonchev–Trinajstić information content (AvgIpc) is 2.82. The van der Waals surface area contributed by atoms with Crippen molar-refractivity contribution in [1.82, 2.24) is 5.32 Å². The highest BCUT2D eigenvalue weighted by Gasteiger charge is 2.27. The molecule has 0 heterocycles. The lowest BCUT2D eigenvalue weighted by Crippen LogP contribution is -2.43. The van der Waals surface area contributed by atoms with Crippen molar-refractivity contribution >= 4 is 0 Å². The van der Waals surface area contributed by atoms with Gasteiger partial charge in [-0.25, -0.2) is 0 Å². The van der Waals surface area contributed by atoms with Crippen LogP contribution in [0, 0.1) is 17.8 Å². The van der Waals surface area contributed by atoms with E-state index in [1.807, 2.05) is 0 Å². The molecule has 0 spiro atoms. The number of hydrogen-bond donors (Lipinski definition) is 1. The summed E-state index contributed by atoms with van der Waals surface area (Å²) in [6, 6.07) is 1.57. The maximum atomic E-state index is 3.95. The quantitative estimate of drug-likeness (QED) is 0.765. The zero-order chi connectivity index (χ0) is 12.3. The van der Waals surface area contributed by atoms with Gasteiger partial charge >= 0.3 is 0 Å². The van der Waals surface area contributed by atoms with E-state index in [1.54, 1.807) is 0 Å².